The topological polar surface area (TPSA) is 89.3 Å². The van der Waals surface area contributed by atoms with Crippen molar-refractivity contribution in [1.29, 1.82) is 0 Å². The Balaban J connectivity index is 2.66. The number of carbonyl (C=O) groups excluding carboxylic acids is 3. The number of hydrogen-bond acceptors (Lipinski definition) is 6. The molecule has 0 aliphatic rings. The number of benzene rings is 1. The van der Waals surface area contributed by atoms with Crippen molar-refractivity contribution in [1.82, 2.24) is 9.80 Å². The maximum Gasteiger partial charge on any atom is 0.414 e. The summed E-state index contributed by atoms with van der Waals surface area (Å²) in [7, 11) is 9.19. The molecule has 0 spiro atoms. The molecule has 0 aliphatic carbocycles. The number of hydrogen-bond donors (Lipinski definition) is 0. The molecule has 144 valence electrons. The maximum atomic E-state index is 12.0. The first-order valence-electron chi connectivity index (χ1n) is 7.98. The molecular formula is C18H22N3O6+. The molecule has 9 nitrogen and oxygen atoms in total. The van der Waals surface area contributed by atoms with Crippen molar-refractivity contribution in [2.75, 3.05) is 35.3 Å². The smallest absolute Gasteiger partial charge is 0.414 e. The lowest BCUT2D eigenvalue weighted by molar-refractivity contribution is -0.645. The highest BCUT2D eigenvalue weighted by atomic mass is 16.6. The Kier molecular flexibility index (Phi) is 5.84. The Morgan fingerprint density at radius 1 is 0.926 bits per heavy atom. The fraction of sp³-hybridized carbons (Fsp3) is 0.333. The molecule has 2 aromatic rings. The lowest BCUT2D eigenvalue weighted by Gasteiger charge is -2.15. The molecule has 1 heterocycles. The number of aryl methyl sites for hydroxylation is 1. The van der Waals surface area contributed by atoms with Gasteiger partial charge in [-0.25, -0.2) is 14.4 Å². The minimum absolute atomic E-state index is 0.147. The summed E-state index contributed by atoms with van der Waals surface area (Å²) in [6.45, 7) is 0. The first-order chi connectivity index (χ1) is 12.6. The molecule has 0 N–H and O–H groups in total. The van der Waals surface area contributed by atoms with Crippen LogP contribution < -0.4 is 14.0 Å². The van der Waals surface area contributed by atoms with Crippen LogP contribution in [0.2, 0.25) is 0 Å². The monoisotopic (exact) mass is 376 g/mol. The van der Waals surface area contributed by atoms with E-state index in [9.17, 15) is 14.4 Å². The molecule has 0 unspecified atom stereocenters. The summed E-state index contributed by atoms with van der Waals surface area (Å²) in [4.78, 5) is 38.4. The van der Waals surface area contributed by atoms with Gasteiger partial charge in [-0.3, -0.25) is 0 Å². The van der Waals surface area contributed by atoms with E-state index in [0.717, 1.165) is 0 Å². The number of fused-ring (bicyclic) bond motifs is 1. The summed E-state index contributed by atoms with van der Waals surface area (Å²) >= 11 is 0. The Morgan fingerprint density at radius 2 is 1.52 bits per heavy atom. The third kappa shape index (κ3) is 4.43. The van der Waals surface area contributed by atoms with Crippen LogP contribution in [0.15, 0.2) is 24.4 Å². The second kappa shape index (κ2) is 7.90. The predicted octanol–water partition coefficient (Wildman–Crippen LogP) is 1.57. The van der Waals surface area contributed by atoms with Crippen LogP contribution in [0, 0.1) is 0 Å². The zero-order valence-corrected chi connectivity index (χ0v) is 16.1. The maximum absolute atomic E-state index is 12.0. The molecule has 27 heavy (non-hydrogen) atoms. The zero-order chi connectivity index (χ0) is 20.3. The molecule has 9 heteroatoms. The highest BCUT2D eigenvalue weighted by Crippen LogP contribution is 2.31. The number of pyridine rings is 1. The summed E-state index contributed by atoms with van der Waals surface area (Å²) in [5.74, 6) is -0.182. The molecule has 1 aromatic carbocycles. The average Bonchev–Trinajstić information content (AvgIpc) is 2.61. The number of ether oxygens (including phenoxy) is 3. The fourth-order valence-electron chi connectivity index (χ4n) is 2.25. The molecule has 0 saturated heterocycles. The Hall–Kier alpha value is -3.36. The van der Waals surface area contributed by atoms with E-state index in [2.05, 4.69) is 0 Å². The second-order valence-electron chi connectivity index (χ2n) is 6.21. The van der Waals surface area contributed by atoms with Crippen LogP contribution in [-0.4, -0.2) is 63.3 Å². The van der Waals surface area contributed by atoms with Crippen LogP contribution >= 0.6 is 0 Å². The van der Waals surface area contributed by atoms with Gasteiger partial charge < -0.3 is 24.0 Å². The lowest BCUT2D eigenvalue weighted by atomic mass is 10.1. The number of amides is 2. The first-order valence-corrected chi connectivity index (χ1v) is 7.98. The van der Waals surface area contributed by atoms with Crippen molar-refractivity contribution in [2.24, 2.45) is 7.05 Å². The highest BCUT2D eigenvalue weighted by molar-refractivity contribution is 5.95. The third-order valence-electron chi connectivity index (χ3n) is 3.66. The van der Waals surface area contributed by atoms with E-state index in [4.69, 9.17) is 14.2 Å². The van der Waals surface area contributed by atoms with E-state index in [0.29, 0.717) is 10.9 Å². The van der Waals surface area contributed by atoms with Crippen LogP contribution in [0.25, 0.3) is 10.9 Å². The highest BCUT2D eigenvalue weighted by Gasteiger charge is 2.22. The van der Waals surface area contributed by atoms with E-state index in [-0.39, 0.29) is 17.1 Å². The molecule has 0 fully saturated rings. The van der Waals surface area contributed by atoms with Gasteiger partial charge in [0.05, 0.1) is 18.6 Å². The van der Waals surface area contributed by atoms with Gasteiger partial charge in [0.2, 0.25) is 5.52 Å². The molecule has 0 aliphatic heterocycles. The van der Waals surface area contributed by atoms with Gasteiger partial charge in [-0.1, -0.05) is 0 Å². The molecule has 0 bridgehead atoms. The summed E-state index contributed by atoms with van der Waals surface area (Å²) in [6.07, 6.45) is 0.384. The van der Waals surface area contributed by atoms with Crippen molar-refractivity contribution >= 4 is 29.1 Å². The molecule has 0 saturated carbocycles. The van der Waals surface area contributed by atoms with Gasteiger partial charge in [0.15, 0.2) is 6.20 Å². The van der Waals surface area contributed by atoms with Gasteiger partial charge in [-0.15, -0.1) is 0 Å². The zero-order valence-electron chi connectivity index (χ0n) is 16.1. The first kappa shape index (κ1) is 20.0. The summed E-state index contributed by atoms with van der Waals surface area (Å²) in [6, 6.07) is 4.59. The normalized spacial score (nSPS) is 10.3. The average molecular weight is 376 g/mol. The molecule has 0 atom stereocenters. The Bertz CT molecular complexity index is 908. The van der Waals surface area contributed by atoms with E-state index in [1.54, 1.807) is 58.1 Å². The minimum atomic E-state index is -0.612. The largest absolute Gasteiger partial charge is 0.465 e. The quantitative estimate of drug-likeness (QED) is 0.597. The Labute approximate surface area is 156 Å². The van der Waals surface area contributed by atoms with Crippen molar-refractivity contribution in [3.05, 3.63) is 30.0 Å². The van der Waals surface area contributed by atoms with E-state index >= 15 is 0 Å². The summed E-state index contributed by atoms with van der Waals surface area (Å²) in [5, 5.41) is 0.486. The lowest BCUT2D eigenvalue weighted by Crippen LogP contribution is -2.31. The van der Waals surface area contributed by atoms with Gasteiger partial charge in [0.25, 0.3) is 0 Å². The molecule has 1 aromatic heterocycles. The van der Waals surface area contributed by atoms with Crippen molar-refractivity contribution in [2.45, 2.75) is 0 Å². The van der Waals surface area contributed by atoms with Crippen molar-refractivity contribution in [3.63, 3.8) is 0 Å². The number of carbonyl (C=O) groups is 3. The van der Waals surface area contributed by atoms with Crippen LogP contribution in [0.5, 0.6) is 11.5 Å². The molecule has 0 radical (unpaired) electrons. The number of esters is 1. The summed E-state index contributed by atoms with van der Waals surface area (Å²) in [5.41, 5.74) is 0.876. The molecule has 2 amide bonds. The number of aromatic nitrogens is 1. The van der Waals surface area contributed by atoms with Gasteiger partial charge in [0.1, 0.15) is 24.1 Å². The molecular weight excluding hydrogens is 354 g/mol. The van der Waals surface area contributed by atoms with E-state index in [1.807, 2.05) is 0 Å². The third-order valence-corrected chi connectivity index (χ3v) is 3.66. The Morgan fingerprint density at radius 3 is 2.07 bits per heavy atom. The van der Waals surface area contributed by atoms with Crippen LogP contribution in [0.4, 0.5) is 9.59 Å². The number of rotatable bonds is 3. The predicted molar refractivity (Wildman–Crippen MR) is 95.9 cm³/mol. The van der Waals surface area contributed by atoms with Gasteiger partial charge in [-0.2, -0.15) is 4.57 Å². The summed E-state index contributed by atoms with van der Waals surface area (Å²) < 4.78 is 17.1. The van der Waals surface area contributed by atoms with Crippen LogP contribution in [-0.2, 0) is 11.8 Å². The fourth-order valence-corrected chi connectivity index (χ4v) is 2.25. The van der Waals surface area contributed by atoms with E-state index < -0.39 is 18.2 Å². The van der Waals surface area contributed by atoms with Gasteiger partial charge in [0, 0.05) is 34.3 Å². The second-order valence-corrected chi connectivity index (χ2v) is 6.21. The van der Waals surface area contributed by atoms with Crippen molar-refractivity contribution in [3.8, 4) is 11.5 Å². The minimum Gasteiger partial charge on any atom is -0.465 e. The van der Waals surface area contributed by atoms with Crippen LogP contribution in [0.3, 0.4) is 0 Å². The van der Waals surface area contributed by atoms with Gasteiger partial charge >= 0.3 is 18.2 Å². The van der Waals surface area contributed by atoms with Gasteiger partial charge in [-0.05, 0) is 6.07 Å². The number of methoxy groups -OCH3 is 1. The standard InChI is InChI=1S/C18H22N3O6/c1-19(2)17(23)26-12-8-14-13(15(9-12)27-18(24)20(3)4)7-11(10-21(14)5)16(22)25-6/h7-10H,1-6H3/q+1. The SMILES string of the molecule is COC(=O)c1cc2c(OC(=O)N(C)C)cc(OC(=O)N(C)C)cc2[n+](C)c1. The van der Waals surface area contributed by atoms with E-state index in [1.165, 1.54) is 23.0 Å². The number of nitrogens with zero attached hydrogens (tertiary/aromatic N) is 3. The van der Waals surface area contributed by atoms with Crippen LogP contribution in [0.1, 0.15) is 10.4 Å². The van der Waals surface area contributed by atoms with Crippen molar-refractivity contribution < 1.29 is 33.2 Å². The molecule has 2 rings (SSSR count).